The predicted molar refractivity (Wildman–Crippen MR) is 52.7 cm³/mol. The average Bonchev–Trinajstić information content (AvgIpc) is 2.43. The highest BCUT2D eigenvalue weighted by Crippen LogP contribution is 2.52. The summed E-state index contributed by atoms with van der Waals surface area (Å²) in [6.45, 7) is 2.86. The van der Waals surface area contributed by atoms with Gasteiger partial charge in [0.05, 0.1) is 0 Å². The first-order valence-corrected chi connectivity index (χ1v) is 5.56. The van der Waals surface area contributed by atoms with Gasteiger partial charge in [0.2, 0.25) is 11.8 Å². The van der Waals surface area contributed by atoms with Crippen LogP contribution in [0.2, 0.25) is 0 Å². The fourth-order valence-corrected chi connectivity index (χ4v) is 2.90. The molecule has 2 rings (SSSR count). The van der Waals surface area contributed by atoms with Crippen molar-refractivity contribution in [3.8, 4) is 0 Å². The molecule has 0 aromatic rings. The number of hydrogen-bond acceptors (Lipinski definition) is 1. The van der Waals surface area contributed by atoms with Crippen LogP contribution in [0.4, 0.5) is 8.78 Å². The van der Waals surface area contributed by atoms with E-state index in [9.17, 15) is 13.6 Å². The zero-order valence-corrected chi connectivity index (χ0v) is 9.06. The number of rotatable bonds is 0. The Kier molecular flexibility index (Phi) is 2.47. The molecule has 1 saturated heterocycles. The van der Waals surface area contributed by atoms with Crippen molar-refractivity contribution in [2.75, 3.05) is 13.1 Å². The maximum atomic E-state index is 13.1. The van der Waals surface area contributed by atoms with Gasteiger partial charge in [0.25, 0.3) is 0 Å². The van der Waals surface area contributed by atoms with E-state index in [4.69, 9.17) is 0 Å². The van der Waals surface area contributed by atoms with E-state index < -0.39 is 5.92 Å². The molecular formula is C11H17F2NO. The van der Waals surface area contributed by atoms with Gasteiger partial charge in [-0.3, -0.25) is 4.79 Å². The van der Waals surface area contributed by atoms with E-state index in [1.54, 1.807) is 11.8 Å². The maximum Gasteiger partial charge on any atom is 0.248 e. The first-order chi connectivity index (χ1) is 6.93. The molecule has 2 fully saturated rings. The highest BCUT2D eigenvalue weighted by atomic mass is 19.3. The van der Waals surface area contributed by atoms with Gasteiger partial charge in [-0.05, 0) is 24.7 Å². The summed E-state index contributed by atoms with van der Waals surface area (Å²) in [4.78, 5) is 12.9. The largest absolute Gasteiger partial charge is 0.343 e. The van der Waals surface area contributed by atoms with Gasteiger partial charge in [0.1, 0.15) is 0 Å². The highest BCUT2D eigenvalue weighted by Gasteiger charge is 2.50. The Morgan fingerprint density at radius 2 is 1.73 bits per heavy atom. The van der Waals surface area contributed by atoms with E-state index in [0.29, 0.717) is 19.5 Å². The molecule has 1 saturated carbocycles. The Hall–Kier alpha value is -0.670. The SMILES string of the molecule is CC(=O)N1CCC2(CC1)CCC(F)(F)C2. The lowest BCUT2D eigenvalue weighted by Gasteiger charge is -2.38. The number of carbonyl (C=O) groups is 1. The van der Waals surface area contributed by atoms with Gasteiger partial charge in [-0.2, -0.15) is 0 Å². The number of likely N-dealkylation sites (tertiary alicyclic amines) is 1. The second-order valence-electron chi connectivity index (χ2n) is 5.04. The Morgan fingerprint density at radius 1 is 1.13 bits per heavy atom. The molecule has 0 atom stereocenters. The minimum absolute atomic E-state index is 0.0335. The molecule has 4 heteroatoms. The molecule has 2 nitrogen and oxygen atoms in total. The number of carbonyl (C=O) groups excluding carboxylic acids is 1. The third kappa shape index (κ3) is 2.13. The standard InChI is InChI=1S/C11H17F2NO/c1-9(15)14-6-4-10(5-7-14)2-3-11(12,13)8-10/h2-8H2,1H3. The predicted octanol–water partition coefficient (Wildman–Crippen LogP) is 2.43. The number of nitrogens with zero attached hydrogens (tertiary/aromatic N) is 1. The van der Waals surface area contributed by atoms with Crippen LogP contribution in [-0.2, 0) is 4.79 Å². The van der Waals surface area contributed by atoms with Gasteiger partial charge in [-0.25, -0.2) is 8.78 Å². The molecule has 1 aliphatic heterocycles. The number of hydrogen-bond donors (Lipinski definition) is 0. The topological polar surface area (TPSA) is 20.3 Å². The minimum atomic E-state index is -2.46. The van der Waals surface area contributed by atoms with Gasteiger partial charge in [-0.15, -0.1) is 0 Å². The van der Waals surface area contributed by atoms with Crippen LogP contribution >= 0.6 is 0 Å². The van der Waals surface area contributed by atoms with Crippen LogP contribution in [0.3, 0.4) is 0 Å². The summed E-state index contributed by atoms with van der Waals surface area (Å²) < 4.78 is 26.3. The fourth-order valence-electron chi connectivity index (χ4n) is 2.90. The molecule has 15 heavy (non-hydrogen) atoms. The molecule has 0 bridgehead atoms. The molecule has 2 aliphatic rings. The molecule has 1 heterocycles. The van der Waals surface area contributed by atoms with Crippen LogP contribution in [0.1, 0.15) is 39.0 Å². The van der Waals surface area contributed by atoms with Gasteiger partial charge in [0.15, 0.2) is 0 Å². The van der Waals surface area contributed by atoms with Crippen molar-refractivity contribution in [3.05, 3.63) is 0 Å². The smallest absolute Gasteiger partial charge is 0.248 e. The second-order valence-corrected chi connectivity index (χ2v) is 5.04. The molecule has 1 spiro atoms. The molecule has 0 aromatic heterocycles. The van der Waals surface area contributed by atoms with Crippen molar-refractivity contribution in [1.29, 1.82) is 0 Å². The van der Waals surface area contributed by atoms with E-state index >= 15 is 0 Å². The Labute approximate surface area is 88.6 Å². The lowest BCUT2D eigenvalue weighted by molar-refractivity contribution is -0.131. The summed E-state index contributed by atoms with van der Waals surface area (Å²) in [6.07, 6.45) is 2.20. The van der Waals surface area contributed by atoms with Gasteiger partial charge >= 0.3 is 0 Å². The van der Waals surface area contributed by atoms with Crippen LogP contribution < -0.4 is 0 Å². The maximum absolute atomic E-state index is 13.1. The zero-order chi connectivity index (χ0) is 11.1. The summed E-state index contributed by atoms with van der Waals surface area (Å²) in [5, 5.41) is 0. The Balaban J connectivity index is 1.96. The molecule has 0 unspecified atom stereocenters. The monoisotopic (exact) mass is 217 g/mol. The van der Waals surface area contributed by atoms with Gasteiger partial charge < -0.3 is 4.90 Å². The normalized spacial score (nSPS) is 28.3. The third-order valence-electron chi connectivity index (χ3n) is 3.92. The van der Waals surface area contributed by atoms with Gasteiger partial charge in [-0.1, -0.05) is 0 Å². The number of halogens is 2. The molecule has 0 radical (unpaired) electrons. The van der Waals surface area contributed by atoms with E-state index in [1.807, 2.05) is 0 Å². The molecule has 1 aliphatic carbocycles. The van der Waals surface area contributed by atoms with E-state index in [0.717, 1.165) is 12.8 Å². The van der Waals surface area contributed by atoms with Crippen LogP contribution in [0, 0.1) is 5.41 Å². The van der Waals surface area contributed by atoms with Crippen molar-refractivity contribution in [3.63, 3.8) is 0 Å². The van der Waals surface area contributed by atoms with Crippen molar-refractivity contribution in [2.24, 2.45) is 5.41 Å². The number of piperidine rings is 1. The minimum Gasteiger partial charge on any atom is -0.343 e. The van der Waals surface area contributed by atoms with E-state index in [1.165, 1.54) is 0 Å². The van der Waals surface area contributed by atoms with Crippen molar-refractivity contribution in [1.82, 2.24) is 4.90 Å². The first kappa shape index (κ1) is 10.8. The quantitative estimate of drug-likeness (QED) is 0.610. The van der Waals surface area contributed by atoms with Crippen LogP contribution in [-0.4, -0.2) is 29.8 Å². The summed E-state index contributed by atoms with van der Waals surface area (Å²) in [5.41, 5.74) is -0.171. The van der Waals surface area contributed by atoms with Gasteiger partial charge in [0, 0.05) is 32.9 Å². The van der Waals surface area contributed by atoms with Crippen molar-refractivity contribution >= 4 is 5.91 Å². The summed E-state index contributed by atoms with van der Waals surface area (Å²) in [5.74, 6) is -2.40. The molecule has 86 valence electrons. The third-order valence-corrected chi connectivity index (χ3v) is 3.92. The molecule has 0 N–H and O–H groups in total. The van der Waals surface area contributed by atoms with Crippen molar-refractivity contribution in [2.45, 2.75) is 45.0 Å². The highest BCUT2D eigenvalue weighted by molar-refractivity contribution is 5.73. The Bertz CT molecular complexity index is 270. The van der Waals surface area contributed by atoms with E-state index in [2.05, 4.69) is 0 Å². The fraction of sp³-hybridized carbons (Fsp3) is 0.909. The summed E-state index contributed by atoms with van der Waals surface area (Å²) in [6, 6.07) is 0. The van der Waals surface area contributed by atoms with Crippen LogP contribution in [0.5, 0.6) is 0 Å². The van der Waals surface area contributed by atoms with Crippen LogP contribution in [0.15, 0.2) is 0 Å². The first-order valence-electron chi connectivity index (χ1n) is 5.56. The molecule has 1 amide bonds. The van der Waals surface area contributed by atoms with Crippen molar-refractivity contribution < 1.29 is 13.6 Å². The Morgan fingerprint density at radius 3 is 2.13 bits per heavy atom. The van der Waals surface area contributed by atoms with Crippen LogP contribution in [0.25, 0.3) is 0 Å². The number of alkyl halides is 2. The zero-order valence-electron chi connectivity index (χ0n) is 9.06. The lowest BCUT2D eigenvalue weighted by Crippen LogP contribution is -2.41. The average molecular weight is 217 g/mol. The summed E-state index contributed by atoms with van der Waals surface area (Å²) >= 11 is 0. The molecule has 0 aromatic carbocycles. The van der Waals surface area contributed by atoms with E-state index in [-0.39, 0.29) is 24.2 Å². The molecular weight excluding hydrogens is 200 g/mol. The second kappa shape index (κ2) is 3.42. The lowest BCUT2D eigenvalue weighted by atomic mass is 9.77. The summed E-state index contributed by atoms with van der Waals surface area (Å²) in [7, 11) is 0. The number of amides is 1.